The first-order valence-corrected chi connectivity index (χ1v) is 5.26. The van der Waals surface area contributed by atoms with Gasteiger partial charge in [-0.2, -0.15) is 5.10 Å². The van der Waals surface area contributed by atoms with Gasteiger partial charge in [0.2, 0.25) is 0 Å². The minimum atomic E-state index is -0.617. The number of allylic oxidation sites excluding steroid dienone is 2. The Morgan fingerprint density at radius 1 is 1.67 bits per heavy atom. The maximum absolute atomic E-state index is 10.4. The van der Waals surface area contributed by atoms with Crippen LogP contribution in [0.4, 0.5) is 4.79 Å². The molecular formula is C11H19N3O. The molecule has 1 rings (SSSR count). The molecule has 4 heteroatoms. The Hall–Kier alpha value is -1.32. The molecule has 3 N–H and O–H groups in total. The molecule has 4 nitrogen and oxygen atoms in total. The molecule has 0 bridgehead atoms. The molecule has 0 radical (unpaired) electrons. The van der Waals surface area contributed by atoms with Gasteiger partial charge in [-0.05, 0) is 25.2 Å². The minimum Gasteiger partial charge on any atom is -0.350 e. The van der Waals surface area contributed by atoms with E-state index in [2.05, 4.69) is 37.4 Å². The largest absolute Gasteiger partial charge is 0.350 e. The minimum absolute atomic E-state index is 0.376. The summed E-state index contributed by atoms with van der Waals surface area (Å²) in [5.41, 5.74) is 8.59. The van der Waals surface area contributed by atoms with Gasteiger partial charge in [-0.1, -0.05) is 25.5 Å². The molecule has 0 aliphatic heterocycles. The molecule has 0 aromatic rings. The Morgan fingerprint density at radius 3 is 2.87 bits per heavy atom. The normalized spacial score (nSPS) is 31.4. The van der Waals surface area contributed by atoms with Crippen molar-refractivity contribution in [2.24, 2.45) is 28.6 Å². The highest BCUT2D eigenvalue weighted by Gasteiger charge is 2.25. The molecule has 3 atom stereocenters. The van der Waals surface area contributed by atoms with Crippen LogP contribution in [0.3, 0.4) is 0 Å². The number of hydrogen-bond donors (Lipinski definition) is 2. The maximum atomic E-state index is 10.4. The molecule has 0 fully saturated rings. The van der Waals surface area contributed by atoms with Crippen LogP contribution in [0.25, 0.3) is 0 Å². The second-order valence-electron chi connectivity index (χ2n) is 4.39. The van der Waals surface area contributed by atoms with Gasteiger partial charge in [-0.15, -0.1) is 0 Å². The molecule has 0 saturated heterocycles. The summed E-state index contributed by atoms with van der Waals surface area (Å²) in [4.78, 5) is 10.4. The van der Waals surface area contributed by atoms with Gasteiger partial charge in [0.15, 0.2) is 0 Å². The van der Waals surface area contributed by atoms with E-state index < -0.39 is 6.03 Å². The number of carbonyl (C=O) groups is 1. The summed E-state index contributed by atoms with van der Waals surface area (Å²) < 4.78 is 0. The van der Waals surface area contributed by atoms with Gasteiger partial charge in [0, 0.05) is 12.1 Å². The van der Waals surface area contributed by atoms with Crippen molar-refractivity contribution in [1.29, 1.82) is 0 Å². The number of rotatable bonds is 2. The van der Waals surface area contributed by atoms with E-state index in [0.29, 0.717) is 17.8 Å². The number of primary amides is 1. The predicted molar refractivity (Wildman–Crippen MR) is 61.4 cm³/mol. The quantitative estimate of drug-likeness (QED) is 0.407. The number of carbonyl (C=O) groups excluding carboxylic acids is 1. The van der Waals surface area contributed by atoms with Crippen LogP contribution in [-0.2, 0) is 0 Å². The molecule has 15 heavy (non-hydrogen) atoms. The second kappa shape index (κ2) is 4.96. The van der Waals surface area contributed by atoms with Crippen LogP contribution >= 0.6 is 0 Å². The lowest BCUT2D eigenvalue weighted by atomic mass is 9.76. The Morgan fingerprint density at radius 2 is 2.33 bits per heavy atom. The van der Waals surface area contributed by atoms with E-state index in [1.807, 2.05) is 0 Å². The maximum Gasteiger partial charge on any atom is 0.332 e. The van der Waals surface area contributed by atoms with Crippen LogP contribution in [0.5, 0.6) is 0 Å². The molecule has 1 aliphatic carbocycles. The van der Waals surface area contributed by atoms with Gasteiger partial charge in [0.1, 0.15) is 0 Å². The Labute approximate surface area is 90.6 Å². The zero-order chi connectivity index (χ0) is 11.4. The predicted octanol–water partition coefficient (Wildman–Crippen LogP) is 1.88. The lowest BCUT2D eigenvalue weighted by Crippen LogP contribution is -2.28. The summed E-state index contributed by atoms with van der Waals surface area (Å²) in [6, 6.07) is -0.617. The van der Waals surface area contributed by atoms with Crippen LogP contribution in [-0.4, -0.2) is 12.2 Å². The Balaban J connectivity index is 2.61. The fourth-order valence-corrected chi connectivity index (χ4v) is 2.26. The second-order valence-corrected chi connectivity index (χ2v) is 4.39. The zero-order valence-electron chi connectivity index (χ0n) is 9.53. The van der Waals surface area contributed by atoms with E-state index in [4.69, 9.17) is 5.73 Å². The SMILES string of the molecule is CC1=C[C@@H](C)[C@H](/C=N\NC(N)=O)[C@H](C)C1. The average molecular weight is 209 g/mol. The third-order valence-electron chi connectivity index (χ3n) is 2.88. The molecule has 0 unspecified atom stereocenters. The molecular weight excluding hydrogens is 190 g/mol. The molecule has 0 heterocycles. The number of hydrazone groups is 1. The number of nitrogens with one attached hydrogen (secondary N) is 1. The Bertz CT molecular complexity index is 296. The van der Waals surface area contributed by atoms with Crippen LogP contribution in [0.15, 0.2) is 16.8 Å². The van der Waals surface area contributed by atoms with Gasteiger partial charge < -0.3 is 5.73 Å². The van der Waals surface area contributed by atoms with E-state index in [1.54, 1.807) is 6.21 Å². The van der Waals surface area contributed by atoms with Crippen molar-refractivity contribution in [3.8, 4) is 0 Å². The summed E-state index contributed by atoms with van der Waals surface area (Å²) in [6.45, 7) is 6.52. The molecule has 0 spiro atoms. The lowest BCUT2D eigenvalue weighted by Gasteiger charge is -2.29. The van der Waals surface area contributed by atoms with Gasteiger partial charge in [-0.25, -0.2) is 10.2 Å². The van der Waals surface area contributed by atoms with Crippen molar-refractivity contribution in [1.82, 2.24) is 5.43 Å². The first-order valence-electron chi connectivity index (χ1n) is 5.26. The molecule has 0 aromatic heterocycles. The highest BCUT2D eigenvalue weighted by molar-refractivity contribution is 5.73. The van der Waals surface area contributed by atoms with Gasteiger partial charge in [0.25, 0.3) is 0 Å². The summed E-state index contributed by atoms with van der Waals surface area (Å²) in [5, 5.41) is 3.84. The van der Waals surface area contributed by atoms with Crippen molar-refractivity contribution < 1.29 is 4.79 Å². The molecule has 0 aromatic carbocycles. The van der Waals surface area contributed by atoms with E-state index >= 15 is 0 Å². The van der Waals surface area contributed by atoms with E-state index in [0.717, 1.165) is 6.42 Å². The highest BCUT2D eigenvalue weighted by atomic mass is 16.2. The lowest BCUT2D eigenvalue weighted by molar-refractivity contribution is 0.249. The topological polar surface area (TPSA) is 67.5 Å². The van der Waals surface area contributed by atoms with Gasteiger partial charge in [-0.3, -0.25) is 0 Å². The van der Waals surface area contributed by atoms with Gasteiger partial charge in [0.05, 0.1) is 0 Å². The number of amides is 2. The number of nitrogens with two attached hydrogens (primary N) is 1. The van der Waals surface area contributed by atoms with Crippen LogP contribution in [0.1, 0.15) is 27.2 Å². The third kappa shape index (κ3) is 3.38. The average Bonchev–Trinajstić information content (AvgIpc) is 2.08. The van der Waals surface area contributed by atoms with Crippen molar-refractivity contribution in [2.75, 3.05) is 0 Å². The summed E-state index contributed by atoms with van der Waals surface area (Å²) in [7, 11) is 0. The summed E-state index contributed by atoms with van der Waals surface area (Å²) in [6.07, 6.45) is 5.15. The first-order chi connectivity index (χ1) is 7.00. The van der Waals surface area contributed by atoms with Gasteiger partial charge >= 0.3 is 6.03 Å². The fraction of sp³-hybridized carbons (Fsp3) is 0.636. The number of hydrogen-bond acceptors (Lipinski definition) is 2. The van der Waals surface area contributed by atoms with Crippen LogP contribution in [0, 0.1) is 17.8 Å². The van der Waals surface area contributed by atoms with Crippen molar-refractivity contribution in [2.45, 2.75) is 27.2 Å². The van der Waals surface area contributed by atoms with E-state index in [9.17, 15) is 4.79 Å². The van der Waals surface area contributed by atoms with Crippen LogP contribution < -0.4 is 11.2 Å². The van der Waals surface area contributed by atoms with Crippen LogP contribution in [0.2, 0.25) is 0 Å². The van der Waals surface area contributed by atoms with Crippen molar-refractivity contribution >= 4 is 12.2 Å². The highest BCUT2D eigenvalue weighted by Crippen LogP contribution is 2.31. The standard InChI is InChI=1S/C11H19N3O/c1-7-4-8(2)10(9(3)5-7)6-13-14-11(12)15/h4,6,8-10H,5H2,1-3H3,(H3,12,14,15)/b13-6-/t8-,9-,10+/m1/s1. The number of nitrogens with zero attached hydrogens (tertiary/aromatic N) is 1. The fourth-order valence-electron chi connectivity index (χ4n) is 2.26. The first kappa shape index (κ1) is 11.8. The smallest absolute Gasteiger partial charge is 0.332 e. The summed E-state index contributed by atoms with van der Waals surface area (Å²) in [5.74, 6) is 1.40. The van der Waals surface area contributed by atoms with E-state index in [-0.39, 0.29) is 0 Å². The molecule has 84 valence electrons. The zero-order valence-corrected chi connectivity index (χ0v) is 9.53. The monoisotopic (exact) mass is 209 g/mol. The number of urea groups is 1. The van der Waals surface area contributed by atoms with Crippen molar-refractivity contribution in [3.05, 3.63) is 11.6 Å². The molecule has 2 amide bonds. The third-order valence-corrected chi connectivity index (χ3v) is 2.88. The van der Waals surface area contributed by atoms with Crippen molar-refractivity contribution in [3.63, 3.8) is 0 Å². The molecule has 1 aliphatic rings. The summed E-state index contributed by atoms with van der Waals surface area (Å²) >= 11 is 0. The Kier molecular flexibility index (Phi) is 3.88. The molecule has 0 saturated carbocycles. The van der Waals surface area contributed by atoms with E-state index in [1.165, 1.54) is 5.57 Å².